The van der Waals surface area contributed by atoms with Crippen LogP contribution in [-0.4, -0.2) is 73.5 Å². The number of carboxylic acid groups (broad SMARTS) is 1. The molecule has 4 atom stereocenters. The fraction of sp³-hybridized carbons (Fsp3) is 0.812. The molecule has 0 aromatic rings. The Balaban J connectivity index is 2.62. The van der Waals surface area contributed by atoms with Crippen molar-refractivity contribution in [1.82, 2.24) is 15.0 Å². The van der Waals surface area contributed by atoms with Crippen LogP contribution in [0.2, 0.25) is 0 Å². The predicted octanol–water partition coefficient (Wildman–Crippen LogP) is 0.211. The Morgan fingerprint density at radius 1 is 1.40 bits per heavy atom. The Hall–Kier alpha value is -0.601. The van der Waals surface area contributed by atoms with Crippen molar-refractivity contribution in [3.63, 3.8) is 0 Å². The van der Waals surface area contributed by atoms with E-state index in [2.05, 4.69) is 15.0 Å². The van der Waals surface area contributed by atoms with E-state index >= 15 is 0 Å². The number of carbonyl (C=O) groups excluding carboxylic acids is 2. The molecule has 0 aromatic heterocycles. The number of rotatable bonds is 12. The zero-order valence-electron chi connectivity index (χ0n) is 15.0. The first-order chi connectivity index (χ1) is 11.9. The van der Waals surface area contributed by atoms with Gasteiger partial charge in [-0.1, -0.05) is 0 Å². The van der Waals surface area contributed by atoms with Crippen LogP contribution in [0.4, 0.5) is 0 Å². The SMILES string of the molecule is CC[C@H](C)[C@H](NC(=O)[C@@H]1CCCN1)C(=O)[Se]N[C@@H](CCSC)C(=O)O. The first kappa shape index (κ1) is 22.4. The molecule has 1 aliphatic heterocycles. The normalized spacial score (nSPS) is 20.7. The fourth-order valence-corrected chi connectivity index (χ4v) is 4.84. The Labute approximate surface area is 160 Å². The maximum absolute atomic E-state index is 12.6. The van der Waals surface area contributed by atoms with Crippen LogP contribution in [0, 0.1) is 5.92 Å². The van der Waals surface area contributed by atoms with Gasteiger partial charge in [0.05, 0.1) is 0 Å². The van der Waals surface area contributed by atoms with Gasteiger partial charge < -0.3 is 0 Å². The van der Waals surface area contributed by atoms with Crippen LogP contribution in [-0.2, 0) is 14.4 Å². The van der Waals surface area contributed by atoms with E-state index in [9.17, 15) is 19.5 Å². The van der Waals surface area contributed by atoms with Gasteiger partial charge in [0.15, 0.2) is 0 Å². The first-order valence-corrected chi connectivity index (χ1v) is 11.7. The monoisotopic (exact) mass is 439 g/mol. The molecular formula is C16H29N3O4SSe. The Morgan fingerprint density at radius 2 is 2.12 bits per heavy atom. The molecule has 1 rings (SSSR count). The predicted molar refractivity (Wildman–Crippen MR) is 101 cm³/mol. The number of thioether (sulfide) groups is 1. The summed E-state index contributed by atoms with van der Waals surface area (Å²) in [4.78, 5) is 36.2. The number of nitrogens with one attached hydrogen (secondary N) is 3. The third-order valence-electron chi connectivity index (χ3n) is 4.35. The van der Waals surface area contributed by atoms with E-state index in [0.717, 1.165) is 25.8 Å². The zero-order chi connectivity index (χ0) is 18.8. The molecule has 1 heterocycles. The second-order valence-electron chi connectivity index (χ2n) is 6.23. The minimum atomic E-state index is -0.942. The molecule has 9 heteroatoms. The summed E-state index contributed by atoms with van der Waals surface area (Å²) in [5, 5.41) is 15.3. The maximum atomic E-state index is 12.6. The summed E-state index contributed by atoms with van der Waals surface area (Å²) in [6.45, 7) is 4.73. The summed E-state index contributed by atoms with van der Waals surface area (Å²) in [6.07, 6.45) is 4.89. The fourth-order valence-electron chi connectivity index (χ4n) is 2.49. The molecular weight excluding hydrogens is 409 g/mol. The molecule has 7 nitrogen and oxygen atoms in total. The van der Waals surface area contributed by atoms with Crippen molar-refractivity contribution in [2.45, 2.75) is 57.7 Å². The molecule has 1 aliphatic rings. The number of hydrogen-bond acceptors (Lipinski definition) is 6. The molecule has 0 saturated carbocycles. The van der Waals surface area contributed by atoms with Gasteiger partial charge in [0, 0.05) is 0 Å². The van der Waals surface area contributed by atoms with Gasteiger partial charge in [0.1, 0.15) is 0 Å². The van der Waals surface area contributed by atoms with Crippen molar-refractivity contribution in [1.29, 1.82) is 0 Å². The van der Waals surface area contributed by atoms with Gasteiger partial charge in [0.25, 0.3) is 0 Å². The average molecular weight is 438 g/mol. The molecule has 0 aliphatic carbocycles. The number of carbonyl (C=O) groups is 3. The summed E-state index contributed by atoms with van der Waals surface area (Å²) in [5.41, 5.74) is 0. The molecule has 0 radical (unpaired) electrons. The van der Waals surface area contributed by atoms with Gasteiger partial charge in [-0.3, -0.25) is 0 Å². The zero-order valence-corrected chi connectivity index (χ0v) is 17.6. The van der Waals surface area contributed by atoms with E-state index in [1.807, 2.05) is 20.1 Å². The Bertz CT molecular complexity index is 461. The van der Waals surface area contributed by atoms with E-state index in [-0.39, 0.29) is 22.5 Å². The summed E-state index contributed by atoms with van der Waals surface area (Å²) < 4.78 is 2.78. The number of amides is 1. The molecule has 0 aromatic carbocycles. The molecule has 144 valence electrons. The quantitative estimate of drug-likeness (QED) is 0.323. The number of hydrogen-bond donors (Lipinski definition) is 4. The molecule has 4 N–H and O–H groups in total. The average Bonchev–Trinajstić information content (AvgIpc) is 3.13. The van der Waals surface area contributed by atoms with Crippen LogP contribution in [0.5, 0.6) is 0 Å². The second-order valence-corrected chi connectivity index (χ2v) is 8.98. The van der Waals surface area contributed by atoms with Gasteiger partial charge in [-0.05, 0) is 0 Å². The summed E-state index contributed by atoms with van der Waals surface area (Å²) in [6, 6.07) is -1.52. The second kappa shape index (κ2) is 11.9. The molecule has 1 amide bonds. The van der Waals surface area contributed by atoms with Gasteiger partial charge in [-0.25, -0.2) is 0 Å². The van der Waals surface area contributed by atoms with Gasteiger partial charge in [-0.15, -0.1) is 0 Å². The molecule has 0 unspecified atom stereocenters. The van der Waals surface area contributed by atoms with E-state index < -0.39 is 33.2 Å². The van der Waals surface area contributed by atoms with Crippen LogP contribution in [0.15, 0.2) is 0 Å². The van der Waals surface area contributed by atoms with Crippen molar-refractivity contribution >= 4 is 43.5 Å². The molecule has 0 spiro atoms. The van der Waals surface area contributed by atoms with Crippen molar-refractivity contribution in [2.24, 2.45) is 5.92 Å². The summed E-state index contributed by atoms with van der Waals surface area (Å²) in [5.74, 6) is -0.351. The molecule has 1 saturated heterocycles. The molecule has 0 bridgehead atoms. The summed E-state index contributed by atoms with van der Waals surface area (Å²) >= 11 is 0.885. The Morgan fingerprint density at radius 3 is 2.64 bits per heavy atom. The minimum absolute atomic E-state index is 0.0102. The number of aliphatic carboxylic acids is 1. The first-order valence-electron chi connectivity index (χ1n) is 8.62. The van der Waals surface area contributed by atoms with Crippen LogP contribution in [0.1, 0.15) is 39.5 Å². The van der Waals surface area contributed by atoms with Gasteiger partial charge in [0.2, 0.25) is 0 Å². The molecule has 25 heavy (non-hydrogen) atoms. The van der Waals surface area contributed by atoms with E-state index in [1.165, 1.54) is 0 Å². The third-order valence-corrected chi connectivity index (χ3v) is 6.80. The van der Waals surface area contributed by atoms with Crippen LogP contribution in [0.3, 0.4) is 0 Å². The Kier molecular flexibility index (Phi) is 10.7. The van der Waals surface area contributed by atoms with E-state index in [0.29, 0.717) is 12.2 Å². The third kappa shape index (κ3) is 7.66. The van der Waals surface area contributed by atoms with Crippen molar-refractivity contribution in [2.75, 3.05) is 18.6 Å². The van der Waals surface area contributed by atoms with Gasteiger partial charge >= 0.3 is 160 Å². The van der Waals surface area contributed by atoms with E-state index in [1.54, 1.807) is 11.8 Å². The molecule has 1 fully saturated rings. The van der Waals surface area contributed by atoms with Crippen LogP contribution >= 0.6 is 11.8 Å². The van der Waals surface area contributed by atoms with E-state index in [4.69, 9.17) is 0 Å². The number of carboxylic acids is 1. The van der Waals surface area contributed by atoms with Crippen molar-refractivity contribution in [3.05, 3.63) is 0 Å². The topological polar surface area (TPSA) is 108 Å². The van der Waals surface area contributed by atoms with Crippen LogP contribution < -0.4 is 15.0 Å². The van der Waals surface area contributed by atoms with Gasteiger partial charge in [-0.2, -0.15) is 0 Å². The standard InChI is InChI=1S/C16H29N3O4SSe/c1-4-10(2)13(18-14(20)11-6-5-8-17-11)16(23)25-19-12(15(21)22)7-9-24-3/h10-13,17,19H,4-9H2,1-3H3,(H,18,20)(H,21,22)/t10-,11-,12-,13-/m0/s1. The van der Waals surface area contributed by atoms with Crippen molar-refractivity contribution in [3.8, 4) is 0 Å². The summed E-state index contributed by atoms with van der Waals surface area (Å²) in [7, 11) is 0. The van der Waals surface area contributed by atoms with Crippen molar-refractivity contribution < 1.29 is 19.5 Å². The van der Waals surface area contributed by atoms with Crippen LogP contribution in [0.25, 0.3) is 0 Å².